The number of benzene rings is 5. The molecule has 0 saturated heterocycles. The predicted molar refractivity (Wildman–Crippen MR) is 172 cm³/mol. The standard InChI is InChI=1S/C38H28N2O2/c1-41-35-22-19-25-10-6-7-13-29(25)37(35)38-30-21-18-28(24-27(30)20-23-36(38)42-2)32-15-9-17-34(40-32)33-16-8-14-31(39-33)26-11-4-3-5-12-26/h3-24H,1-2H3. The third-order valence-electron chi connectivity index (χ3n) is 7.69. The van der Waals surface area contributed by atoms with Crippen LogP contribution in [0.1, 0.15) is 0 Å². The van der Waals surface area contributed by atoms with Crippen LogP contribution in [-0.2, 0) is 0 Å². The van der Waals surface area contributed by atoms with Gasteiger partial charge in [0.15, 0.2) is 0 Å². The van der Waals surface area contributed by atoms with E-state index < -0.39 is 0 Å². The summed E-state index contributed by atoms with van der Waals surface area (Å²) in [6, 6.07) is 45.5. The first kappa shape index (κ1) is 25.5. The molecule has 2 aromatic heterocycles. The Bertz CT molecular complexity index is 2070. The molecule has 4 nitrogen and oxygen atoms in total. The van der Waals surface area contributed by atoms with Gasteiger partial charge in [-0.3, -0.25) is 0 Å². The molecule has 7 rings (SSSR count). The van der Waals surface area contributed by atoms with E-state index in [1.165, 1.54) is 0 Å². The van der Waals surface area contributed by atoms with Crippen molar-refractivity contribution in [3.63, 3.8) is 0 Å². The predicted octanol–water partition coefficient (Wildman–Crippen LogP) is 9.47. The van der Waals surface area contributed by atoms with Gasteiger partial charge in [-0.05, 0) is 64.0 Å². The summed E-state index contributed by atoms with van der Waals surface area (Å²) in [5.41, 5.74) is 7.64. The van der Waals surface area contributed by atoms with E-state index in [-0.39, 0.29) is 0 Å². The van der Waals surface area contributed by atoms with E-state index in [9.17, 15) is 0 Å². The van der Waals surface area contributed by atoms with E-state index in [0.717, 1.165) is 78.1 Å². The normalized spacial score (nSPS) is 11.1. The number of aromatic nitrogens is 2. The zero-order chi connectivity index (χ0) is 28.5. The number of pyridine rings is 2. The fourth-order valence-corrected chi connectivity index (χ4v) is 5.66. The number of rotatable bonds is 6. The van der Waals surface area contributed by atoms with Crippen LogP contribution in [0.4, 0.5) is 0 Å². The van der Waals surface area contributed by atoms with E-state index in [4.69, 9.17) is 19.4 Å². The zero-order valence-electron chi connectivity index (χ0n) is 23.4. The molecule has 5 aromatic carbocycles. The first-order valence-corrected chi connectivity index (χ1v) is 13.9. The van der Waals surface area contributed by atoms with Crippen molar-refractivity contribution < 1.29 is 9.47 Å². The number of hydrogen-bond donors (Lipinski definition) is 0. The second-order valence-corrected chi connectivity index (χ2v) is 10.1. The quantitative estimate of drug-likeness (QED) is 0.209. The summed E-state index contributed by atoms with van der Waals surface area (Å²) in [4.78, 5) is 9.95. The average molecular weight is 545 g/mol. The van der Waals surface area contributed by atoms with Crippen molar-refractivity contribution in [1.82, 2.24) is 9.97 Å². The van der Waals surface area contributed by atoms with Crippen molar-refractivity contribution in [2.24, 2.45) is 0 Å². The molecule has 7 aromatic rings. The number of hydrogen-bond acceptors (Lipinski definition) is 4. The highest BCUT2D eigenvalue weighted by atomic mass is 16.5. The van der Waals surface area contributed by atoms with Gasteiger partial charge in [0.25, 0.3) is 0 Å². The molecule has 0 amide bonds. The van der Waals surface area contributed by atoms with Gasteiger partial charge in [0.1, 0.15) is 11.5 Å². The first-order chi connectivity index (χ1) is 20.7. The van der Waals surface area contributed by atoms with E-state index >= 15 is 0 Å². The third kappa shape index (κ3) is 4.53. The molecule has 202 valence electrons. The van der Waals surface area contributed by atoms with Crippen molar-refractivity contribution in [3.8, 4) is 56.5 Å². The summed E-state index contributed by atoms with van der Waals surface area (Å²) in [6.07, 6.45) is 0. The van der Waals surface area contributed by atoms with Gasteiger partial charge < -0.3 is 9.47 Å². The van der Waals surface area contributed by atoms with Gasteiger partial charge in [-0.15, -0.1) is 0 Å². The summed E-state index contributed by atoms with van der Waals surface area (Å²) < 4.78 is 11.8. The molecule has 0 saturated carbocycles. The summed E-state index contributed by atoms with van der Waals surface area (Å²) in [5.74, 6) is 1.61. The van der Waals surface area contributed by atoms with Gasteiger partial charge in [-0.1, -0.05) is 91.0 Å². The van der Waals surface area contributed by atoms with Gasteiger partial charge in [0.2, 0.25) is 0 Å². The van der Waals surface area contributed by atoms with Crippen LogP contribution in [0.25, 0.3) is 66.6 Å². The third-order valence-corrected chi connectivity index (χ3v) is 7.69. The molecule has 42 heavy (non-hydrogen) atoms. The highest BCUT2D eigenvalue weighted by Crippen LogP contribution is 2.45. The fraction of sp³-hybridized carbons (Fsp3) is 0.0526. The maximum absolute atomic E-state index is 5.90. The molecule has 0 N–H and O–H groups in total. The van der Waals surface area contributed by atoms with Crippen LogP contribution in [0.15, 0.2) is 133 Å². The minimum atomic E-state index is 0.800. The molecule has 0 spiro atoms. The van der Waals surface area contributed by atoms with Gasteiger partial charge in [0.05, 0.1) is 37.0 Å². The number of fused-ring (bicyclic) bond motifs is 2. The molecule has 0 atom stereocenters. The fourth-order valence-electron chi connectivity index (χ4n) is 5.66. The van der Waals surface area contributed by atoms with Crippen LogP contribution in [0, 0.1) is 0 Å². The van der Waals surface area contributed by atoms with Crippen LogP contribution >= 0.6 is 0 Å². The van der Waals surface area contributed by atoms with Crippen molar-refractivity contribution in [1.29, 1.82) is 0 Å². The summed E-state index contributed by atoms with van der Waals surface area (Å²) >= 11 is 0. The van der Waals surface area contributed by atoms with Crippen molar-refractivity contribution in [2.45, 2.75) is 0 Å². The Hall–Kier alpha value is -5.48. The van der Waals surface area contributed by atoms with Gasteiger partial charge in [0, 0.05) is 22.3 Å². The summed E-state index contributed by atoms with van der Waals surface area (Å²) in [5, 5.41) is 4.44. The average Bonchev–Trinajstić information content (AvgIpc) is 3.07. The van der Waals surface area contributed by atoms with Crippen molar-refractivity contribution in [2.75, 3.05) is 14.2 Å². The minimum absolute atomic E-state index is 0.800. The maximum Gasteiger partial charge on any atom is 0.127 e. The Morgan fingerprint density at radius 2 is 0.952 bits per heavy atom. The van der Waals surface area contributed by atoms with Crippen LogP contribution < -0.4 is 9.47 Å². The van der Waals surface area contributed by atoms with Gasteiger partial charge >= 0.3 is 0 Å². The number of ether oxygens (including phenoxy) is 2. The molecule has 0 aliphatic heterocycles. The molecule has 0 unspecified atom stereocenters. The highest BCUT2D eigenvalue weighted by molar-refractivity contribution is 6.10. The maximum atomic E-state index is 5.90. The molecule has 0 radical (unpaired) electrons. The monoisotopic (exact) mass is 544 g/mol. The molecular formula is C38H28N2O2. The molecule has 0 aliphatic rings. The smallest absolute Gasteiger partial charge is 0.127 e. The largest absolute Gasteiger partial charge is 0.496 e. The van der Waals surface area contributed by atoms with E-state index in [0.29, 0.717) is 0 Å². The molecule has 0 fully saturated rings. The van der Waals surface area contributed by atoms with E-state index in [1.54, 1.807) is 14.2 Å². The Balaban J connectivity index is 1.34. The molecular weight excluding hydrogens is 516 g/mol. The highest BCUT2D eigenvalue weighted by Gasteiger charge is 2.19. The minimum Gasteiger partial charge on any atom is -0.496 e. The van der Waals surface area contributed by atoms with E-state index in [1.807, 2.05) is 66.7 Å². The summed E-state index contributed by atoms with van der Waals surface area (Å²) in [6.45, 7) is 0. The lowest BCUT2D eigenvalue weighted by Gasteiger charge is -2.18. The summed E-state index contributed by atoms with van der Waals surface area (Å²) in [7, 11) is 3.43. The number of nitrogens with zero attached hydrogens (tertiary/aromatic N) is 2. The second kappa shape index (κ2) is 10.8. The molecule has 2 heterocycles. The SMILES string of the molecule is COc1ccc2ccccc2c1-c1c(OC)ccc2cc(-c3cccc(-c4cccc(-c5ccccc5)n4)n3)ccc12. The Morgan fingerprint density at radius 1 is 0.405 bits per heavy atom. The Labute approximate surface area is 244 Å². The molecule has 0 bridgehead atoms. The first-order valence-electron chi connectivity index (χ1n) is 13.9. The van der Waals surface area contributed by atoms with E-state index in [2.05, 4.69) is 66.7 Å². The van der Waals surface area contributed by atoms with Crippen LogP contribution in [-0.4, -0.2) is 24.2 Å². The Kier molecular flexibility index (Phi) is 6.57. The lowest BCUT2D eigenvalue weighted by molar-refractivity contribution is 0.411. The number of methoxy groups -OCH3 is 2. The lowest BCUT2D eigenvalue weighted by Crippen LogP contribution is -1.95. The topological polar surface area (TPSA) is 44.2 Å². The Morgan fingerprint density at radius 3 is 1.62 bits per heavy atom. The second-order valence-electron chi connectivity index (χ2n) is 10.1. The zero-order valence-corrected chi connectivity index (χ0v) is 23.4. The lowest BCUT2D eigenvalue weighted by atomic mass is 9.91. The van der Waals surface area contributed by atoms with Gasteiger partial charge in [-0.25, -0.2) is 9.97 Å². The van der Waals surface area contributed by atoms with Crippen LogP contribution in [0.2, 0.25) is 0 Å². The van der Waals surface area contributed by atoms with Crippen LogP contribution in [0.3, 0.4) is 0 Å². The molecule has 4 heteroatoms. The van der Waals surface area contributed by atoms with Gasteiger partial charge in [-0.2, -0.15) is 0 Å². The van der Waals surface area contributed by atoms with Crippen LogP contribution in [0.5, 0.6) is 11.5 Å². The molecule has 0 aliphatic carbocycles. The van der Waals surface area contributed by atoms with Crippen molar-refractivity contribution in [3.05, 3.63) is 133 Å². The van der Waals surface area contributed by atoms with Crippen molar-refractivity contribution >= 4 is 21.5 Å².